The van der Waals surface area contributed by atoms with Crippen molar-refractivity contribution in [3.63, 3.8) is 0 Å². The van der Waals surface area contributed by atoms with Crippen LogP contribution in [0.4, 0.5) is 0 Å². The molecule has 0 nitrogen and oxygen atoms in total. The van der Waals surface area contributed by atoms with E-state index in [-0.39, 0.29) is 0 Å². The van der Waals surface area contributed by atoms with E-state index in [1.165, 1.54) is 66.8 Å². The number of benzene rings is 4. The predicted molar refractivity (Wildman–Crippen MR) is 134 cm³/mol. The lowest BCUT2D eigenvalue weighted by Crippen LogP contribution is -2.00. The standard InChI is InChI=1S/C32H22/c1-2-10-22-18-25(17-21(22)9-1)31(26-19-23-11-3-4-12-24(23)20-26)32-29-15-7-5-13-27(29)28-14-6-8-16-30(28)32/h1-17,19H,18,20H2. The molecule has 0 aromatic heterocycles. The summed E-state index contributed by atoms with van der Waals surface area (Å²) >= 11 is 0. The van der Waals surface area contributed by atoms with Gasteiger partial charge in [-0.2, -0.15) is 0 Å². The summed E-state index contributed by atoms with van der Waals surface area (Å²) in [6.07, 6.45) is 6.83. The first-order valence-corrected chi connectivity index (χ1v) is 11.4. The van der Waals surface area contributed by atoms with Crippen molar-refractivity contribution in [2.45, 2.75) is 12.8 Å². The van der Waals surface area contributed by atoms with E-state index in [9.17, 15) is 0 Å². The maximum absolute atomic E-state index is 2.42. The second-order valence-electron chi connectivity index (χ2n) is 8.93. The third-order valence-electron chi connectivity index (χ3n) is 7.11. The molecule has 0 N–H and O–H groups in total. The molecular formula is C32H22. The van der Waals surface area contributed by atoms with Crippen LogP contribution < -0.4 is 0 Å². The number of hydrogen-bond donors (Lipinski definition) is 0. The summed E-state index contributed by atoms with van der Waals surface area (Å²) in [6.45, 7) is 0. The highest BCUT2D eigenvalue weighted by molar-refractivity contribution is 6.05. The highest BCUT2D eigenvalue weighted by Gasteiger charge is 2.30. The fraction of sp³-hybridized carbons (Fsp3) is 0.0625. The van der Waals surface area contributed by atoms with Gasteiger partial charge in [0, 0.05) is 0 Å². The van der Waals surface area contributed by atoms with Crippen molar-refractivity contribution in [1.29, 1.82) is 0 Å². The molecule has 0 aliphatic heterocycles. The summed E-state index contributed by atoms with van der Waals surface area (Å²) in [6, 6.07) is 35.5. The Morgan fingerprint density at radius 2 is 0.844 bits per heavy atom. The van der Waals surface area contributed by atoms with Crippen LogP contribution in [0.3, 0.4) is 0 Å². The fourth-order valence-electron chi connectivity index (χ4n) is 5.69. The molecule has 32 heavy (non-hydrogen) atoms. The van der Waals surface area contributed by atoms with Crippen LogP contribution >= 0.6 is 0 Å². The second kappa shape index (κ2) is 6.80. The molecule has 0 heteroatoms. The first-order valence-electron chi connectivity index (χ1n) is 11.4. The molecule has 0 saturated carbocycles. The quantitative estimate of drug-likeness (QED) is 0.281. The van der Waals surface area contributed by atoms with Gasteiger partial charge in [-0.05, 0) is 79.6 Å². The van der Waals surface area contributed by atoms with E-state index >= 15 is 0 Å². The summed E-state index contributed by atoms with van der Waals surface area (Å²) < 4.78 is 0. The Morgan fingerprint density at radius 1 is 0.438 bits per heavy atom. The molecule has 150 valence electrons. The Hall–Kier alpha value is -3.90. The molecule has 4 aromatic rings. The van der Waals surface area contributed by atoms with Gasteiger partial charge in [0.1, 0.15) is 0 Å². The minimum atomic E-state index is 0.993. The number of hydrogen-bond acceptors (Lipinski definition) is 0. The average molecular weight is 407 g/mol. The van der Waals surface area contributed by atoms with Crippen LogP contribution in [0.25, 0.3) is 28.9 Å². The first-order chi connectivity index (χ1) is 15.9. The maximum Gasteiger partial charge on any atom is -0.00133 e. The van der Waals surface area contributed by atoms with Gasteiger partial charge < -0.3 is 0 Å². The SMILES string of the molecule is C1=C(C(C2=Cc3ccccc3C2)=C2c3ccccc3-c3ccccc32)Cc2ccccc21. The summed E-state index contributed by atoms with van der Waals surface area (Å²) in [7, 11) is 0. The fourth-order valence-corrected chi connectivity index (χ4v) is 5.69. The smallest absolute Gasteiger partial charge is 0.00133 e. The van der Waals surface area contributed by atoms with Crippen molar-refractivity contribution < 1.29 is 0 Å². The zero-order valence-electron chi connectivity index (χ0n) is 17.8. The zero-order chi connectivity index (χ0) is 21.1. The normalized spacial score (nSPS) is 14.9. The van der Waals surface area contributed by atoms with Gasteiger partial charge in [-0.15, -0.1) is 0 Å². The van der Waals surface area contributed by atoms with Gasteiger partial charge in [0.05, 0.1) is 0 Å². The molecule has 3 aliphatic rings. The predicted octanol–water partition coefficient (Wildman–Crippen LogP) is 7.75. The Balaban J connectivity index is 1.52. The van der Waals surface area contributed by atoms with Crippen molar-refractivity contribution in [2.75, 3.05) is 0 Å². The Labute approximate surface area is 188 Å². The van der Waals surface area contributed by atoms with Crippen LogP contribution in [-0.4, -0.2) is 0 Å². The van der Waals surface area contributed by atoms with Crippen LogP contribution in [0.2, 0.25) is 0 Å². The number of rotatable bonds is 2. The summed E-state index contributed by atoms with van der Waals surface area (Å²) in [4.78, 5) is 0. The topological polar surface area (TPSA) is 0 Å². The van der Waals surface area contributed by atoms with Crippen LogP contribution in [0, 0.1) is 0 Å². The molecule has 0 atom stereocenters. The highest BCUT2D eigenvalue weighted by atomic mass is 14.3. The van der Waals surface area contributed by atoms with E-state index in [0.29, 0.717) is 0 Å². The molecule has 0 fully saturated rings. The third-order valence-corrected chi connectivity index (χ3v) is 7.11. The molecule has 3 aliphatic carbocycles. The van der Waals surface area contributed by atoms with E-state index in [2.05, 4.69) is 109 Å². The molecule has 0 spiro atoms. The molecule has 0 heterocycles. The largest absolute Gasteiger partial charge is 0.0619 e. The lowest BCUT2D eigenvalue weighted by molar-refractivity contribution is 1.15. The van der Waals surface area contributed by atoms with Gasteiger partial charge >= 0.3 is 0 Å². The Kier molecular flexibility index (Phi) is 3.77. The molecule has 0 amide bonds. The molecule has 4 aromatic carbocycles. The zero-order valence-corrected chi connectivity index (χ0v) is 17.8. The lowest BCUT2D eigenvalue weighted by atomic mass is 9.86. The minimum absolute atomic E-state index is 0.993. The van der Waals surface area contributed by atoms with E-state index in [1.54, 1.807) is 0 Å². The van der Waals surface area contributed by atoms with Gasteiger partial charge in [-0.1, -0.05) is 109 Å². The van der Waals surface area contributed by atoms with Crippen LogP contribution in [0.15, 0.2) is 114 Å². The van der Waals surface area contributed by atoms with Crippen molar-refractivity contribution >= 4 is 17.7 Å². The molecule has 0 bridgehead atoms. The van der Waals surface area contributed by atoms with Crippen LogP contribution in [0.5, 0.6) is 0 Å². The molecule has 7 rings (SSSR count). The van der Waals surface area contributed by atoms with E-state index in [1.807, 2.05) is 0 Å². The summed E-state index contributed by atoms with van der Waals surface area (Å²) in [5.41, 5.74) is 16.7. The average Bonchev–Trinajstić information content (AvgIpc) is 3.54. The number of fused-ring (bicyclic) bond motifs is 5. The molecular weight excluding hydrogens is 384 g/mol. The van der Waals surface area contributed by atoms with E-state index in [0.717, 1.165) is 12.8 Å². The highest BCUT2D eigenvalue weighted by Crippen LogP contribution is 2.50. The van der Waals surface area contributed by atoms with Gasteiger partial charge in [-0.25, -0.2) is 0 Å². The van der Waals surface area contributed by atoms with Crippen molar-refractivity contribution in [3.05, 3.63) is 147 Å². The van der Waals surface area contributed by atoms with E-state index in [4.69, 9.17) is 0 Å². The molecule has 0 radical (unpaired) electrons. The monoisotopic (exact) mass is 406 g/mol. The van der Waals surface area contributed by atoms with Gasteiger partial charge in [-0.3, -0.25) is 0 Å². The lowest BCUT2D eigenvalue weighted by Gasteiger charge is -2.17. The third kappa shape index (κ3) is 2.56. The second-order valence-corrected chi connectivity index (χ2v) is 8.93. The number of allylic oxidation sites excluding steroid dienone is 3. The van der Waals surface area contributed by atoms with Crippen molar-refractivity contribution in [1.82, 2.24) is 0 Å². The first kappa shape index (κ1) is 17.7. The van der Waals surface area contributed by atoms with Gasteiger partial charge in [0.25, 0.3) is 0 Å². The maximum atomic E-state index is 2.42. The van der Waals surface area contributed by atoms with Crippen molar-refractivity contribution in [3.8, 4) is 11.1 Å². The van der Waals surface area contributed by atoms with Gasteiger partial charge in [0.2, 0.25) is 0 Å². The summed E-state index contributed by atoms with van der Waals surface area (Å²) in [5.74, 6) is 0. The Morgan fingerprint density at radius 3 is 1.31 bits per heavy atom. The Bertz CT molecular complexity index is 1390. The van der Waals surface area contributed by atoms with Gasteiger partial charge in [0.15, 0.2) is 0 Å². The molecule has 0 unspecified atom stereocenters. The van der Waals surface area contributed by atoms with E-state index < -0.39 is 0 Å². The molecule has 0 saturated heterocycles. The van der Waals surface area contributed by atoms with Crippen LogP contribution in [0.1, 0.15) is 33.4 Å². The van der Waals surface area contributed by atoms with Crippen LogP contribution in [-0.2, 0) is 12.8 Å². The van der Waals surface area contributed by atoms with Crippen molar-refractivity contribution in [2.24, 2.45) is 0 Å². The minimum Gasteiger partial charge on any atom is -0.0619 e. The summed E-state index contributed by atoms with van der Waals surface area (Å²) in [5, 5.41) is 0.